The summed E-state index contributed by atoms with van der Waals surface area (Å²) in [6, 6.07) is 13.9. The van der Waals surface area contributed by atoms with Crippen molar-refractivity contribution < 1.29 is 17.9 Å². The minimum absolute atomic E-state index is 0.312. The molecule has 0 saturated heterocycles. The highest BCUT2D eigenvalue weighted by molar-refractivity contribution is 7.98. The molecule has 2 aromatic carbocycles. The molecule has 1 N–H and O–H groups in total. The topological polar surface area (TPSA) is 75.7 Å². The van der Waals surface area contributed by atoms with E-state index in [0.29, 0.717) is 17.1 Å². The molecule has 0 saturated carbocycles. The van der Waals surface area contributed by atoms with Gasteiger partial charge in [-0.15, -0.1) is 11.8 Å². The SMILES string of the molecule is COc1cccc(NC(=O)CN(c2cccc(SC)c2)S(C)(=O)=O)c1. The molecule has 0 heterocycles. The number of benzene rings is 2. The van der Waals surface area contributed by atoms with Crippen molar-refractivity contribution in [3.05, 3.63) is 48.5 Å². The number of amides is 1. The molecule has 8 heteroatoms. The van der Waals surface area contributed by atoms with Crippen LogP contribution >= 0.6 is 11.8 Å². The van der Waals surface area contributed by atoms with E-state index in [1.807, 2.05) is 12.3 Å². The van der Waals surface area contributed by atoms with Gasteiger partial charge in [0.1, 0.15) is 12.3 Å². The van der Waals surface area contributed by atoms with Crippen molar-refractivity contribution >= 4 is 39.1 Å². The Kier molecular flexibility index (Phi) is 6.33. The molecule has 6 nitrogen and oxygen atoms in total. The zero-order valence-electron chi connectivity index (χ0n) is 14.2. The van der Waals surface area contributed by atoms with Crippen LogP contribution in [0.4, 0.5) is 11.4 Å². The molecule has 2 aromatic rings. The molecule has 0 atom stereocenters. The molecule has 0 spiro atoms. The number of carbonyl (C=O) groups is 1. The highest BCUT2D eigenvalue weighted by atomic mass is 32.2. The van der Waals surface area contributed by atoms with Crippen molar-refractivity contribution in [1.29, 1.82) is 0 Å². The van der Waals surface area contributed by atoms with Gasteiger partial charge in [0.15, 0.2) is 0 Å². The minimum Gasteiger partial charge on any atom is -0.497 e. The second-order valence-electron chi connectivity index (χ2n) is 5.25. The molecule has 0 fully saturated rings. The third kappa shape index (κ3) is 5.40. The maximum absolute atomic E-state index is 12.3. The first kappa shape index (κ1) is 19.1. The predicted molar refractivity (Wildman–Crippen MR) is 102 cm³/mol. The quantitative estimate of drug-likeness (QED) is 0.748. The van der Waals surface area contributed by atoms with Crippen LogP contribution in [0, 0.1) is 0 Å². The monoisotopic (exact) mass is 380 g/mol. The van der Waals surface area contributed by atoms with Crippen LogP contribution in [0.3, 0.4) is 0 Å². The summed E-state index contributed by atoms with van der Waals surface area (Å²) in [4.78, 5) is 13.2. The van der Waals surface area contributed by atoms with Crippen molar-refractivity contribution in [1.82, 2.24) is 0 Å². The van der Waals surface area contributed by atoms with Crippen LogP contribution in [0.1, 0.15) is 0 Å². The van der Waals surface area contributed by atoms with Gasteiger partial charge in [0, 0.05) is 16.6 Å². The van der Waals surface area contributed by atoms with E-state index < -0.39 is 15.9 Å². The Morgan fingerprint density at radius 1 is 1.20 bits per heavy atom. The molecule has 1 amide bonds. The van der Waals surface area contributed by atoms with Crippen LogP contribution in [0.15, 0.2) is 53.4 Å². The van der Waals surface area contributed by atoms with E-state index in [9.17, 15) is 13.2 Å². The fourth-order valence-corrected chi connectivity index (χ4v) is 3.50. The van der Waals surface area contributed by atoms with E-state index in [2.05, 4.69) is 5.32 Å². The molecule has 0 radical (unpaired) electrons. The Morgan fingerprint density at radius 3 is 2.56 bits per heavy atom. The molecular formula is C17H20N2O4S2. The van der Waals surface area contributed by atoms with Gasteiger partial charge < -0.3 is 10.1 Å². The Morgan fingerprint density at radius 2 is 1.92 bits per heavy atom. The van der Waals surface area contributed by atoms with Crippen LogP contribution in [0.25, 0.3) is 0 Å². The first-order chi connectivity index (χ1) is 11.8. The fourth-order valence-electron chi connectivity index (χ4n) is 2.20. The number of methoxy groups -OCH3 is 1. The van der Waals surface area contributed by atoms with Crippen molar-refractivity contribution in [2.24, 2.45) is 0 Å². The maximum Gasteiger partial charge on any atom is 0.245 e. The van der Waals surface area contributed by atoms with Gasteiger partial charge in [0.05, 0.1) is 19.1 Å². The van der Waals surface area contributed by atoms with Crippen LogP contribution in [0.2, 0.25) is 0 Å². The van der Waals surface area contributed by atoms with Gasteiger partial charge in [-0.3, -0.25) is 9.10 Å². The number of sulfonamides is 1. The minimum atomic E-state index is -3.60. The number of nitrogens with one attached hydrogen (secondary N) is 1. The third-order valence-corrected chi connectivity index (χ3v) is 5.25. The first-order valence-electron chi connectivity index (χ1n) is 7.39. The average Bonchev–Trinajstić information content (AvgIpc) is 2.59. The third-order valence-electron chi connectivity index (χ3n) is 3.38. The zero-order chi connectivity index (χ0) is 18.4. The summed E-state index contributed by atoms with van der Waals surface area (Å²) in [5.74, 6) is 0.165. The Bertz CT molecular complexity index is 853. The molecular weight excluding hydrogens is 360 g/mol. The Hall–Kier alpha value is -2.19. The molecule has 0 unspecified atom stereocenters. The lowest BCUT2D eigenvalue weighted by molar-refractivity contribution is -0.114. The standard InChI is InChI=1S/C17H20N2O4S2/c1-23-15-8-4-6-13(10-15)18-17(20)12-19(25(3,21)22)14-7-5-9-16(11-14)24-2/h4-11H,12H2,1-3H3,(H,18,20). The lowest BCUT2D eigenvalue weighted by atomic mass is 10.3. The summed E-state index contributed by atoms with van der Waals surface area (Å²) in [7, 11) is -2.07. The van der Waals surface area contributed by atoms with Gasteiger partial charge in [0.2, 0.25) is 15.9 Å². The molecule has 0 aliphatic carbocycles. The summed E-state index contributed by atoms with van der Waals surface area (Å²) < 4.78 is 30.5. The second-order valence-corrected chi connectivity index (χ2v) is 8.04. The van der Waals surface area contributed by atoms with Gasteiger partial charge in [-0.05, 0) is 36.6 Å². The molecule has 2 rings (SSSR count). The molecule has 0 aliphatic rings. The summed E-state index contributed by atoms with van der Waals surface area (Å²) in [6.07, 6.45) is 2.98. The van der Waals surface area contributed by atoms with Gasteiger partial charge in [-0.25, -0.2) is 8.42 Å². The second kappa shape index (κ2) is 8.26. The van der Waals surface area contributed by atoms with Gasteiger partial charge in [-0.2, -0.15) is 0 Å². The largest absolute Gasteiger partial charge is 0.497 e. The van der Waals surface area contributed by atoms with Crippen LogP contribution in [-0.2, 0) is 14.8 Å². The smallest absolute Gasteiger partial charge is 0.245 e. The Balaban J connectivity index is 2.20. The van der Waals surface area contributed by atoms with Crippen LogP contribution in [0.5, 0.6) is 5.75 Å². The molecule has 134 valence electrons. The van der Waals surface area contributed by atoms with Gasteiger partial charge >= 0.3 is 0 Å². The predicted octanol–water partition coefficient (Wildman–Crippen LogP) is 2.82. The number of hydrogen-bond acceptors (Lipinski definition) is 5. The number of hydrogen-bond donors (Lipinski definition) is 1. The number of carbonyl (C=O) groups excluding carboxylic acids is 1. The number of nitrogens with zero attached hydrogens (tertiary/aromatic N) is 1. The zero-order valence-corrected chi connectivity index (χ0v) is 15.9. The lowest BCUT2D eigenvalue weighted by Gasteiger charge is -2.22. The number of ether oxygens (including phenoxy) is 1. The fraction of sp³-hybridized carbons (Fsp3) is 0.235. The van der Waals surface area contributed by atoms with E-state index in [1.54, 1.807) is 42.5 Å². The summed E-state index contributed by atoms with van der Waals surface area (Å²) >= 11 is 1.50. The molecule has 0 aromatic heterocycles. The highest BCUT2D eigenvalue weighted by Gasteiger charge is 2.21. The van der Waals surface area contributed by atoms with Crippen molar-refractivity contribution in [2.45, 2.75) is 4.90 Å². The van der Waals surface area contributed by atoms with E-state index in [4.69, 9.17) is 4.74 Å². The van der Waals surface area contributed by atoms with Crippen molar-refractivity contribution in [3.63, 3.8) is 0 Å². The summed E-state index contributed by atoms with van der Waals surface area (Å²) in [5, 5.41) is 2.69. The molecule has 25 heavy (non-hydrogen) atoms. The lowest BCUT2D eigenvalue weighted by Crippen LogP contribution is -2.37. The number of anilines is 2. The molecule has 0 bridgehead atoms. The summed E-state index contributed by atoms with van der Waals surface area (Å²) in [6.45, 7) is -0.312. The van der Waals surface area contributed by atoms with Crippen molar-refractivity contribution in [3.8, 4) is 5.75 Å². The average molecular weight is 380 g/mol. The molecule has 0 aliphatic heterocycles. The van der Waals surface area contributed by atoms with E-state index in [-0.39, 0.29) is 6.54 Å². The number of rotatable bonds is 7. The number of thioether (sulfide) groups is 1. The van der Waals surface area contributed by atoms with E-state index in [0.717, 1.165) is 15.5 Å². The van der Waals surface area contributed by atoms with Crippen LogP contribution < -0.4 is 14.4 Å². The van der Waals surface area contributed by atoms with E-state index in [1.165, 1.54) is 18.9 Å². The highest BCUT2D eigenvalue weighted by Crippen LogP contribution is 2.24. The van der Waals surface area contributed by atoms with Gasteiger partial charge in [0.25, 0.3) is 0 Å². The van der Waals surface area contributed by atoms with Crippen LogP contribution in [-0.4, -0.2) is 40.5 Å². The van der Waals surface area contributed by atoms with Crippen molar-refractivity contribution in [2.75, 3.05) is 35.8 Å². The van der Waals surface area contributed by atoms with Gasteiger partial charge in [-0.1, -0.05) is 12.1 Å². The summed E-state index contributed by atoms with van der Waals surface area (Å²) in [5.41, 5.74) is 0.991. The normalized spacial score (nSPS) is 11.0. The van der Waals surface area contributed by atoms with E-state index >= 15 is 0 Å². The maximum atomic E-state index is 12.3. The Labute approximate surface area is 152 Å². The first-order valence-corrected chi connectivity index (χ1v) is 10.5.